The maximum Gasteiger partial charge on any atom is 0.315 e. The summed E-state index contributed by atoms with van der Waals surface area (Å²) < 4.78 is 0. The van der Waals surface area contributed by atoms with Crippen molar-refractivity contribution in [2.45, 2.75) is 165 Å². The number of amides is 5. The van der Waals surface area contributed by atoms with Crippen LogP contribution >= 0.6 is 0 Å². The first kappa shape index (κ1) is 56.5. The summed E-state index contributed by atoms with van der Waals surface area (Å²) in [4.78, 5) is 70.8. The zero-order chi connectivity index (χ0) is 42.0. The summed E-state index contributed by atoms with van der Waals surface area (Å²) in [6, 6.07) is -1.11. The molecule has 3 rings (SSSR count). The molecule has 0 aromatic rings. The summed E-state index contributed by atoms with van der Waals surface area (Å²) in [5.41, 5.74) is 0.281. The lowest BCUT2D eigenvalue weighted by atomic mass is 9.80. The molecule has 5 amide bonds. The van der Waals surface area contributed by atoms with Gasteiger partial charge in [-0.05, 0) is 55.8 Å². The van der Waals surface area contributed by atoms with E-state index in [1.165, 1.54) is 36.7 Å². The van der Waals surface area contributed by atoms with Crippen LogP contribution < -0.4 is 21.3 Å². The number of piperidine rings is 1. The quantitative estimate of drug-likeness (QED) is 0.112. The minimum Gasteiger partial charge on any atom is -0.400 e. The molecular weight excluding hydrogens is 674 g/mol. The Bertz CT molecular complexity index is 1000. The van der Waals surface area contributed by atoms with Crippen molar-refractivity contribution >= 4 is 36.3 Å². The van der Waals surface area contributed by atoms with Gasteiger partial charge < -0.3 is 36.1 Å². The molecule has 53 heavy (non-hydrogen) atoms. The molecule has 2 saturated carbocycles. The summed E-state index contributed by atoms with van der Waals surface area (Å²) in [5.74, 6) is -0.492. The van der Waals surface area contributed by atoms with E-state index in [1.807, 2.05) is 6.79 Å². The van der Waals surface area contributed by atoms with Gasteiger partial charge in [-0.15, -0.1) is 6.58 Å². The van der Waals surface area contributed by atoms with Gasteiger partial charge in [-0.3, -0.25) is 19.2 Å². The first-order valence-electron chi connectivity index (χ1n) is 19.6. The molecular formula is C41H89N5O7. The molecule has 0 spiro atoms. The van der Waals surface area contributed by atoms with E-state index in [0.717, 1.165) is 63.9 Å². The van der Waals surface area contributed by atoms with Crippen LogP contribution in [0.5, 0.6) is 0 Å². The van der Waals surface area contributed by atoms with Crippen molar-refractivity contribution in [1.29, 1.82) is 0 Å². The first-order valence-corrected chi connectivity index (χ1v) is 19.6. The van der Waals surface area contributed by atoms with Gasteiger partial charge in [0.15, 0.2) is 0 Å². The number of hydrogen-bond donors (Lipinski definition) is 5. The van der Waals surface area contributed by atoms with E-state index < -0.39 is 30.2 Å². The number of carbonyl (C=O) groups is 6. The van der Waals surface area contributed by atoms with Gasteiger partial charge in [0.2, 0.25) is 17.6 Å². The number of hydrogen-bond acceptors (Lipinski definition) is 7. The lowest BCUT2D eigenvalue weighted by Crippen LogP contribution is -2.57. The molecule has 12 heteroatoms. The largest absolute Gasteiger partial charge is 0.400 e. The van der Waals surface area contributed by atoms with Crippen LogP contribution in [0.1, 0.15) is 159 Å². The van der Waals surface area contributed by atoms with Gasteiger partial charge in [0.05, 0.1) is 13.1 Å². The summed E-state index contributed by atoms with van der Waals surface area (Å²) >= 11 is 0. The van der Waals surface area contributed by atoms with E-state index >= 15 is 0 Å². The second-order valence-electron chi connectivity index (χ2n) is 15.9. The number of Topliss-reactive ketones (excluding diaryl/α,β-unsaturated/α-hetero) is 1. The molecule has 1 aliphatic heterocycles. The fourth-order valence-corrected chi connectivity index (χ4v) is 4.64. The second-order valence-corrected chi connectivity index (χ2v) is 15.9. The molecule has 0 aromatic carbocycles. The van der Waals surface area contributed by atoms with Crippen LogP contribution in [0, 0.1) is 17.3 Å². The number of rotatable bonds is 10. The van der Waals surface area contributed by atoms with Crippen molar-refractivity contribution in [1.82, 2.24) is 26.2 Å². The van der Waals surface area contributed by atoms with Gasteiger partial charge in [0.1, 0.15) is 12.8 Å². The predicted molar refractivity (Wildman–Crippen MR) is 227 cm³/mol. The molecule has 0 radical (unpaired) electrons. The van der Waals surface area contributed by atoms with Crippen LogP contribution in [0.15, 0.2) is 12.7 Å². The normalized spacial score (nSPS) is 16.6. The zero-order valence-electron chi connectivity index (χ0n) is 35.9. The van der Waals surface area contributed by atoms with Gasteiger partial charge in [-0.2, -0.15) is 0 Å². The van der Waals surface area contributed by atoms with Crippen molar-refractivity contribution in [2.75, 3.05) is 33.3 Å². The van der Waals surface area contributed by atoms with Crippen LogP contribution in [0.2, 0.25) is 0 Å². The van der Waals surface area contributed by atoms with Crippen LogP contribution in [0.4, 0.5) is 4.79 Å². The number of likely N-dealkylation sites (tertiary alicyclic amines) is 1. The molecule has 2 aliphatic carbocycles. The number of nitrogens with zero attached hydrogens (tertiary/aromatic N) is 1. The van der Waals surface area contributed by atoms with E-state index in [9.17, 15) is 24.0 Å². The Balaban J connectivity index is -0.000000139. The standard InChI is InChI=1S/C23H37N5O5.C5H12.C4H8.C4H10.C3H8.CH4O.CH2O.4H2/c1-3-13-24-21(32)18(29)15-25-20(31)17-10-6-9-14-28(17)19(30)16-26-22(33)27-23(4-2)11-7-5-8-12-23;1-5(2,3)4;1-4-2-3-4;1-4(2)3;1-3-2;2*1-2;;;;/h3,17H,1,4-16H2,2H3,(H,24,32)(H,25,31)(H2,26,27,33);1-4H3;4H,2-3H2,1H3;4H,1-3H3;3H2,1-2H3;2H,1H3;1H2;4*1H. The maximum absolute atomic E-state index is 12.8. The number of aliphatic hydroxyl groups excluding tert-OH is 1. The fourth-order valence-electron chi connectivity index (χ4n) is 4.64. The molecule has 1 atom stereocenters. The average molecular weight is 764 g/mol. The highest BCUT2D eigenvalue weighted by Gasteiger charge is 2.34. The summed E-state index contributed by atoms with van der Waals surface area (Å²) in [6.07, 6.45) is 13.7. The highest BCUT2D eigenvalue weighted by molar-refractivity contribution is 6.37. The third-order valence-electron chi connectivity index (χ3n) is 7.34. The van der Waals surface area contributed by atoms with Crippen molar-refractivity contribution in [3.63, 3.8) is 0 Å². The highest BCUT2D eigenvalue weighted by Crippen LogP contribution is 2.30. The fraction of sp³-hybridized carbons (Fsp3) is 0.805. The topological polar surface area (TPSA) is 174 Å². The lowest BCUT2D eigenvalue weighted by Gasteiger charge is -2.37. The number of aliphatic hydroxyl groups is 1. The minimum atomic E-state index is -0.801. The van der Waals surface area contributed by atoms with Gasteiger partial charge in [-0.25, -0.2) is 4.79 Å². The Labute approximate surface area is 329 Å². The van der Waals surface area contributed by atoms with Crippen molar-refractivity contribution < 1.29 is 39.6 Å². The van der Waals surface area contributed by atoms with Crippen molar-refractivity contribution in [2.24, 2.45) is 17.3 Å². The first-order chi connectivity index (χ1) is 24.9. The van der Waals surface area contributed by atoms with Gasteiger partial charge >= 0.3 is 6.03 Å². The molecule has 5 N–H and O–H groups in total. The summed E-state index contributed by atoms with van der Waals surface area (Å²) in [6.45, 7) is 29.2. The number of nitrogens with one attached hydrogen (secondary N) is 4. The van der Waals surface area contributed by atoms with E-state index in [1.54, 1.807) is 0 Å². The van der Waals surface area contributed by atoms with Crippen molar-refractivity contribution in [3.8, 4) is 0 Å². The average Bonchev–Trinajstić information content (AvgIpc) is 3.91. The lowest BCUT2D eigenvalue weighted by molar-refractivity contribution is -0.142. The van der Waals surface area contributed by atoms with Gasteiger partial charge in [-0.1, -0.05) is 121 Å². The molecule has 12 nitrogen and oxygen atoms in total. The predicted octanol–water partition coefficient (Wildman–Crippen LogP) is 7.72. The molecule has 320 valence electrons. The molecule has 0 bridgehead atoms. The van der Waals surface area contributed by atoms with Crippen LogP contribution in [-0.2, 0) is 24.0 Å². The molecule has 0 aromatic heterocycles. The Hall–Kier alpha value is -3.28. The number of ketones is 1. The Morgan fingerprint density at radius 1 is 0.849 bits per heavy atom. The molecule has 1 saturated heterocycles. The molecule has 3 fully saturated rings. The Morgan fingerprint density at radius 3 is 1.74 bits per heavy atom. The monoisotopic (exact) mass is 764 g/mol. The van der Waals surface area contributed by atoms with Crippen LogP contribution in [0.3, 0.4) is 0 Å². The SMILES string of the molecule is C=CCNC(=O)C(=O)CNC(=O)C1CCCCN1C(=O)CNC(=O)NC1(CC)CCCCC1.C=O.CC(C)(C)C.CC(C)C.CC1CC1.CCC.CO.[HH].[HH].[HH].[HH]. The van der Waals surface area contributed by atoms with Gasteiger partial charge in [0, 0.05) is 31.4 Å². The second kappa shape index (κ2) is 34.5. The Kier molecular flexibility index (Phi) is 36.7. The maximum atomic E-state index is 12.8. The van der Waals surface area contributed by atoms with Crippen LogP contribution in [0.25, 0.3) is 0 Å². The third-order valence-corrected chi connectivity index (χ3v) is 7.34. The van der Waals surface area contributed by atoms with E-state index in [0.29, 0.717) is 18.4 Å². The van der Waals surface area contributed by atoms with Gasteiger partial charge in [0.25, 0.3) is 5.91 Å². The Morgan fingerprint density at radius 2 is 1.32 bits per heavy atom. The van der Waals surface area contributed by atoms with E-state index in [2.05, 4.69) is 104 Å². The third kappa shape index (κ3) is 35.5. The molecule has 1 heterocycles. The van der Waals surface area contributed by atoms with E-state index in [4.69, 9.17) is 9.90 Å². The number of urea groups is 1. The summed E-state index contributed by atoms with van der Waals surface area (Å²) in [5, 5.41) is 17.5. The molecule has 3 aliphatic rings. The van der Waals surface area contributed by atoms with E-state index in [-0.39, 0.29) is 36.3 Å². The van der Waals surface area contributed by atoms with Crippen LogP contribution in [-0.4, -0.2) is 91.2 Å². The van der Waals surface area contributed by atoms with Crippen molar-refractivity contribution in [3.05, 3.63) is 12.7 Å². The highest BCUT2D eigenvalue weighted by atomic mass is 16.2. The zero-order valence-corrected chi connectivity index (χ0v) is 35.9. The summed E-state index contributed by atoms with van der Waals surface area (Å²) in [7, 11) is 1.00. The number of carbonyl (C=O) groups excluding carboxylic acids is 6. The minimum absolute atomic E-state index is 0. The smallest absolute Gasteiger partial charge is 0.315 e. The molecule has 1 unspecified atom stereocenters.